The molecule has 0 saturated heterocycles. The average Bonchev–Trinajstić information content (AvgIpc) is 2.94. The van der Waals surface area contributed by atoms with E-state index in [9.17, 15) is 24.6 Å². The van der Waals surface area contributed by atoms with Gasteiger partial charge in [-0.15, -0.1) is 0 Å². The SMILES string of the molecule is C[C@]12C=CC(=O)C=C1C(N=[N+]=[N-])=C[C@@H]1[C@@H]2C(=O)C[C@@]2(C)[C@H]1CC[C@]2(O)C(=O)CO. The number of ketones is 3. The fraction of sp³-hybridized carbons (Fsp3) is 0.571. The molecule has 8 nitrogen and oxygen atoms in total. The minimum Gasteiger partial charge on any atom is -0.388 e. The quantitative estimate of drug-likeness (QED) is 0.427. The van der Waals surface area contributed by atoms with Crippen LogP contribution >= 0.6 is 0 Å². The van der Waals surface area contributed by atoms with Crippen molar-refractivity contribution in [3.05, 3.63) is 46.0 Å². The molecule has 4 aliphatic rings. The average molecular weight is 397 g/mol. The molecule has 0 spiro atoms. The van der Waals surface area contributed by atoms with Crippen molar-refractivity contribution < 1.29 is 24.6 Å². The Labute approximate surface area is 167 Å². The van der Waals surface area contributed by atoms with E-state index >= 15 is 0 Å². The van der Waals surface area contributed by atoms with Gasteiger partial charge in [0.15, 0.2) is 11.6 Å². The highest BCUT2D eigenvalue weighted by Crippen LogP contribution is 2.65. The van der Waals surface area contributed by atoms with Gasteiger partial charge in [0.2, 0.25) is 0 Å². The summed E-state index contributed by atoms with van der Waals surface area (Å²) in [7, 11) is 0. The van der Waals surface area contributed by atoms with Crippen molar-refractivity contribution >= 4 is 17.3 Å². The number of carbonyl (C=O) groups is 3. The van der Waals surface area contributed by atoms with Crippen molar-refractivity contribution in [1.29, 1.82) is 0 Å². The van der Waals surface area contributed by atoms with E-state index in [1.165, 1.54) is 12.2 Å². The van der Waals surface area contributed by atoms with Crippen LogP contribution in [0.15, 0.2) is 40.7 Å². The van der Waals surface area contributed by atoms with E-state index in [4.69, 9.17) is 5.53 Å². The number of azide groups is 1. The lowest BCUT2D eigenvalue weighted by Crippen LogP contribution is -2.60. The molecule has 0 unspecified atom stereocenters. The van der Waals surface area contributed by atoms with Gasteiger partial charge in [-0.1, -0.05) is 31.1 Å². The third-order valence-corrected chi connectivity index (χ3v) is 7.81. The largest absolute Gasteiger partial charge is 0.388 e. The molecule has 0 amide bonds. The van der Waals surface area contributed by atoms with Gasteiger partial charge in [-0.3, -0.25) is 14.4 Å². The first-order valence-electron chi connectivity index (χ1n) is 9.74. The number of rotatable bonds is 3. The topological polar surface area (TPSA) is 140 Å². The fourth-order valence-electron chi connectivity index (χ4n) is 6.34. The minimum absolute atomic E-state index is 0.0103. The maximum absolute atomic E-state index is 13.4. The lowest BCUT2D eigenvalue weighted by Gasteiger charge is -2.55. The van der Waals surface area contributed by atoms with Gasteiger partial charge in [0.25, 0.3) is 0 Å². The Morgan fingerprint density at radius 3 is 2.76 bits per heavy atom. The van der Waals surface area contributed by atoms with Gasteiger partial charge < -0.3 is 10.2 Å². The van der Waals surface area contributed by atoms with Crippen LogP contribution in [-0.4, -0.2) is 39.8 Å². The summed E-state index contributed by atoms with van der Waals surface area (Å²) in [5.74, 6) is -2.06. The van der Waals surface area contributed by atoms with Gasteiger partial charge in [-0.05, 0) is 47.9 Å². The highest BCUT2D eigenvalue weighted by molar-refractivity contribution is 6.02. The van der Waals surface area contributed by atoms with Crippen molar-refractivity contribution in [3.63, 3.8) is 0 Å². The molecule has 0 aliphatic heterocycles. The third kappa shape index (κ3) is 2.40. The Hall–Kier alpha value is -2.54. The Balaban J connectivity index is 1.90. The van der Waals surface area contributed by atoms with Crippen LogP contribution in [0.2, 0.25) is 0 Å². The molecule has 0 bridgehead atoms. The Bertz CT molecular complexity index is 975. The molecule has 29 heavy (non-hydrogen) atoms. The number of fused-ring (bicyclic) bond motifs is 5. The smallest absolute Gasteiger partial charge is 0.190 e. The summed E-state index contributed by atoms with van der Waals surface area (Å²) in [5, 5.41) is 24.4. The Morgan fingerprint density at radius 2 is 2.10 bits per heavy atom. The molecule has 8 heteroatoms. The molecule has 0 aromatic heterocycles. The molecule has 0 aromatic carbocycles. The molecule has 2 fully saturated rings. The number of nitrogens with zero attached hydrogens (tertiary/aromatic N) is 3. The summed E-state index contributed by atoms with van der Waals surface area (Å²) in [6, 6.07) is 0. The fourth-order valence-corrected chi connectivity index (χ4v) is 6.34. The van der Waals surface area contributed by atoms with Crippen LogP contribution in [0.3, 0.4) is 0 Å². The number of Topliss-reactive ketones (excluding diaryl/α,β-unsaturated/α-hetero) is 2. The zero-order valence-corrected chi connectivity index (χ0v) is 16.3. The molecule has 0 radical (unpaired) electrons. The van der Waals surface area contributed by atoms with Gasteiger partial charge in [-0.2, -0.15) is 0 Å². The molecular formula is C21H23N3O5. The maximum atomic E-state index is 13.4. The lowest BCUT2D eigenvalue weighted by molar-refractivity contribution is -0.165. The normalized spacial score (nSPS) is 42.8. The summed E-state index contributed by atoms with van der Waals surface area (Å²) in [6.45, 7) is 2.82. The van der Waals surface area contributed by atoms with Crippen molar-refractivity contribution in [3.8, 4) is 0 Å². The molecule has 4 rings (SSSR count). The number of carbonyl (C=O) groups excluding carboxylic acids is 3. The predicted octanol–water partition coefficient (Wildman–Crippen LogP) is 2.18. The number of allylic oxidation sites excluding steroid dienone is 5. The van der Waals surface area contributed by atoms with Crippen molar-refractivity contribution in [2.45, 2.75) is 38.7 Å². The summed E-state index contributed by atoms with van der Waals surface area (Å²) < 4.78 is 0. The molecule has 6 atom stereocenters. The van der Waals surface area contributed by atoms with Gasteiger partial charge in [0, 0.05) is 33.8 Å². The Kier molecular flexibility index (Phi) is 4.24. The van der Waals surface area contributed by atoms with E-state index in [-0.39, 0.29) is 36.2 Å². The summed E-state index contributed by atoms with van der Waals surface area (Å²) >= 11 is 0. The third-order valence-electron chi connectivity index (χ3n) is 7.81. The standard InChI is InChI=1S/C21H23N3O5/c1-19-5-3-11(26)7-14(19)15(23-24-22)8-12-13-4-6-21(29,17(28)10-25)20(13,2)9-16(27)18(12)19/h3,5,7-8,12-13,18,25,29H,4,6,9-10H2,1-2H3/t12-,13-,18+,19-,20-,21-/m0/s1. The number of hydrogen-bond donors (Lipinski definition) is 2. The second-order valence-electron chi connectivity index (χ2n) is 9.02. The van der Waals surface area contributed by atoms with Crippen LogP contribution in [0, 0.1) is 28.6 Å². The zero-order chi connectivity index (χ0) is 21.2. The van der Waals surface area contributed by atoms with E-state index in [1.54, 1.807) is 19.1 Å². The van der Waals surface area contributed by atoms with E-state index in [1.807, 2.05) is 6.92 Å². The first-order chi connectivity index (χ1) is 13.6. The van der Waals surface area contributed by atoms with E-state index in [0.29, 0.717) is 17.7 Å². The molecule has 4 aliphatic carbocycles. The monoisotopic (exact) mass is 397 g/mol. The molecule has 0 aromatic rings. The maximum Gasteiger partial charge on any atom is 0.190 e. The Morgan fingerprint density at radius 1 is 1.38 bits per heavy atom. The van der Waals surface area contributed by atoms with Crippen molar-refractivity contribution in [2.24, 2.45) is 33.7 Å². The zero-order valence-electron chi connectivity index (χ0n) is 16.3. The predicted molar refractivity (Wildman–Crippen MR) is 102 cm³/mol. The number of aliphatic hydroxyl groups is 2. The first-order valence-corrected chi connectivity index (χ1v) is 9.74. The molecule has 2 saturated carbocycles. The second kappa shape index (κ2) is 6.23. The number of aliphatic hydroxyl groups excluding tert-OH is 1. The van der Waals surface area contributed by atoms with E-state index < -0.39 is 34.7 Å². The van der Waals surface area contributed by atoms with Gasteiger partial charge >= 0.3 is 0 Å². The van der Waals surface area contributed by atoms with Gasteiger partial charge in [0.05, 0.1) is 0 Å². The molecular weight excluding hydrogens is 374 g/mol. The summed E-state index contributed by atoms with van der Waals surface area (Å²) in [4.78, 5) is 40.7. The van der Waals surface area contributed by atoms with Crippen LogP contribution in [0.4, 0.5) is 0 Å². The van der Waals surface area contributed by atoms with Crippen LogP contribution in [-0.2, 0) is 14.4 Å². The highest BCUT2D eigenvalue weighted by atomic mass is 16.3. The van der Waals surface area contributed by atoms with Gasteiger partial charge in [-0.25, -0.2) is 0 Å². The van der Waals surface area contributed by atoms with Crippen LogP contribution in [0.5, 0.6) is 0 Å². The highest BCUT2D eigenvalue weighted by Gasteiger charge is 2.68. The van der Waals surface area contributed by atoms with Crippen molar-refractivity contribution in [1.82, 2.24) is 0 Å². The molecule has 0 heterocycles. The van der Waals surface area contributed by atoms with E-state index in [2.05, 4.69) is 10.0 Å². The first kappa shape index (κ1) is 19.8. The molecule has 152 valence electrons. The minimum atomic E-state index is -1.77. The van der Waals surface area contributed by atoms with Crippen LogP contribution in [0.25, 0.3) is 10.4 Å². The van der Waals surface area contributed by atoms with Crippen LogP contribution in [0.1, 0.15) is 33.1 Å². The van der Waals surface area contributed by atoms with Crippen LogP contribution < -0.4 is 0 Å². The van der Waals surface area contributed by atoms with Gasteiger partial charge in [0.1, 0.15) is 18.0 Å². The second-order valence-corrected chi connectivity index (χ2v) is 9.02. The van der Waals surface area contributed by atoms with E-state index in [0.717, 1.165) is 0 Å². The van der Waals surface area contributed by atoms with Crippen molar-refractivity contribution in [2.75, 3.05) is 6.61 Å². The molecule has 2 N–H and O–H groups in total. The number of hydrogen-bond acceptors (Lipinski definition) is 6. The lowest BCUT2D eigenvalue weighted by atomic mass is 9.48. The summed E-state index contributed by atoms with van der Waals surface area (Å²) in [5.41, 5.74) is 6.29. The summed E-state index contributed by atoms with van der Waals surface area (Å²) in [6.07, 6.45) is 6.98.